The van der Waals surface area contributed by atoms with Gasteiger partial charge in [-0.25, -0.2) is 0 Å². The van der Waals surface area contributed by atoms with Crippen LogP contribution in [-0.4, -0.2) is 17.4 Å². The summed E-state index contributed by atoms with van der Waals surface area (Å²) < 4.78 is 5.41. The first-order chi connectivity index (χ1) is 8.31. The number of nitrogens with one attached hydrogen (secondary N) is 1. The Morgan fingerprint density at radius 2 is 2.53 bits per heavy atom. The summed E-state index contributed by atoms with van der Waals surface area (Å²) in [5, 5.41) is 3.10. The maximum atomic E-state index is 11.8. The number of aryl methyl sites for hydroxylation is 1. The minimum atomic E-state index is 0.141. The molecule has 1 unspecified atom stereocenters. The molecule has 0 aromatic carbocycles. The number of amides is 1. The van der Waals surface area contributed by atoms with Crippen LogP contribution in [-0.2, 0) is 11.2 Å². The average Bonchev–Trinajstić information content (AvgIpc) is 2.78. The second-order valence-corrected chi connectivity index (χ2v) is 5.47. The Morgan fingerprint density at radius 3 is 3.35 bits per heavy atom. The average molecular weight is 253 g/mol. The summed E-state index contributed by atoms with van der Waals surface area (Å²) in [5.41, 5.74) is 1.17. The molecule has 1 atom stereocenters. The molecule has 1 aliphatic rings. The van der Waals surface area contributed by atoms with Crippen LogP contribution in [0.15, 0.2) is 16.7 Å². The third kappa shape index (κ3) is 3.28. The monoisotopic (exact) mass is 253 g/mol. The van der Waals surface area contributed by atoms with Gasteiger partial charge in [0.15, 0.2) is 0 Å². The lowest BCUT2D eigenvalue weighted by Gasteiger charge is -2.22. The second-order valence-electron chi connectivity index (χ2n) is 4.36. The summed E-state index contributed by atoms with van der Waals surface area (Å²) in [7, 11) is 0. The summed E-state index contributed by atoms with van der Waals surface area (Å²) in [6, 6.07) is 2.14. The van der Waals surface area contributed by atoms with E-state index in [1.54, 1.807) is 18.0 Å². The van der Waals surface area contributed by atoms with E-state index < -0.39 is 0 Å². The Labute approximate surface area is 106 Å². The summed E-state index contributed by atoms with van der Waals surface area (Å²) in [5.74, 6) is 2.80. The Balaban J connectivity index is 1.86. The van der Waals surface area contributed by atoms with E-state index in [1.165, 1.54) is 5.56 Å². The van der Waals surface area contributed by atoms with Gasteiger partial charge in [0.2, 0.25) is 5.91 Å². The lowest BCUT2D eigenvalue weighted by molar-refractivity contribution is -0.119. The zero-order chi connectivity index (χ0) is 12.1. The highest BCUT2D eigenvalue weighted by Crippen LogP contribution is 2.30. The fraction of sp³-hybridized carbons (Fsp3) is 0.615. The molecule has 0 saturated carbocycles. The molecular formula is C13H19NO2S. The normalized spacial score (nSPS) is 18.8. The van der Waals surface area contributed by atoms with E-state index in [9.17, 15) is 4.79 Å². The van der Waals surface area contributed by atoms with Crippen LogP contribution in [0.3, 0.4) is 0 Å². The molecule has 0 fully saturated rings. The number of hydrogen-bond donors (Lipinski definition) is 1. The highest BCUT2D eigenvalue weighted by Gasteiger charge is 2.23. The van der Waals surface area contributed by atoms with Crippen molar-refractivity contribution >= 4 is 17.7 Å². The maximum Gasteiger partial charge on any atom is 0.230 e. The standard InChI is InChI=1S/C13H19NO2S/c1-2-8-17-9-13(15)14-11-4-3-5-12-10(11)6-7-16-12/h6-7,11H,2-5,8-9H2,1H3,(H,14,15). The van der Waals surface area contributed by atoms with Crippen LogP contribution in [0.5, 0.6) is 0 Å². The SMILES string of the molecule is CCCSCC(=O)NC1CCCc2occc21. The van der Waals surface area contributed by atoms with Gasteiger partial charge in [-0.15, -0.1) is 0 Å². The molecule has 0 aliphatic heterocycles. The topological polar surface area (TPSA) is 42.2 Å². The van der Waals surface area contributed by atoms with Gasteiger partial charge < -0.3 is 9.73 Å². The van der Waals surface area contributed by atoms with E-state index in [1.807, 2.05) is 6.07 Å². The van der Waals surface area contributed by atoms with Crippen molar-refractivity contribution in [2.45, 2.75) is 38.6 Å². The lowest BCUT2D eigenvalue weighted by Crippen LogP contribution is -2.31. The van der Waals surface area contributed by atoms with Gasteiger partial charge in [-0.2, -0.15) is 11.8 Å². The Morgan fingerprint density at radius 1 is 1.65 bits per heavy atom. The molecule has 1 aliphatic carbocycles. The van der Waals surface area contributed by atoms with Crippen molar-refractivity contribution in [3.05, 3.63) is 23.7 Å². The van der Waals surface area contributed by atoms with Crippen LogP contribution in [0.4, 0.5) is 0 Å². The number of carbonyl (C=O) groups is 1. The highest BCUT2D eigenvalue weighted by atomic mass is 32.2. The van der Waals surface area contributed by atoms with Crippen molar-refractivity contribution in [3.8, 4) is 0 Å². The van der Waals surface area contributed by atoms with Crippen LogP contribution >= 0.6 is 11.8 Å². The molecule has 94 valence electrons. The molecule has 2 rings (SSSR count). The van der Waals surface area contributed by atoms with Crippen molar-refractivity contribution < 1.29 is 9.21 Å². The smallest absolute Gasteiger partial charge is 0.230 e. The third-order valence-electron chi connectivity index (χ3n) is 2.97. The van der Waals surface area contributed by atoms with Gasteiger partial charge in [0.1, 0.15) is 5.76 Å². The predicted molar refractivity (Wildman–Crippen MR) is 70.1 cm³/mol. The van der Waals surface area contributed by atoms with Crippen molar-refractivity contribution in [2.75, 3.05) is 11.5 Å². The second kappa shape index (κ2) is 6.15. The quantitative estimate of drug-likeness (QED) is 0.820. The summed E-state index contributed by atoms with van der Waals surface area (Å²) in [4.78, 5) is 11.8. The van der Waals surface area contributed by atoms with Gasteiger partial charge in [0.05, 0.1) is 18.1 Å². The molecule has 17 heavy (non-hydrogen) atoms. The predicted octanol–water partition coefficient (Wildman–Crippen LogP) is 2.92. The van der Waals surface area contributed by atoms with Gasteiger partial charge in [-0.3, -0.25) is 4.79 Å². The summed E-state index contributed by atoms with van der Waals surface area (Å²) >= 11 is 1.70. The van der Waals surface area contributed by atoms with Crippen LogP contribution in [0, 0.1) is 0 Å². The van der Waals surface area contributed by atoms with Gasteiger partial charge in [-0.05, 0) is 31.1 Å². The molecule has 0 bridgehead atoms. The zero-order valence-electron chi connectivity index (χ0n) is 10.2. The van der Waals surface area contributed by atoms with E-state index in [2.05, 4.69) is 12.2 Å². The maximum absolute atomic E-state index is 11.8. The number of carbonyl (C=O) groups excluding carboxylic acids is 1. The van der Waals surface area contributed by atoms with Crippen molar-refractivity contribution in [1.82, 2.24) is 5.32 Å². The fourth-order valence-corrected chi connectivity index (χ4v) is 2.88. The van der Waals surface area contributed by atoms with Gasteiger partial charge in [0, 0.05) is 12.0 Å². The molecule has 1 heterocycles. The molecule has 1 N–H and O–H groups in total. The van der Waals surface area contributed by atoms with Crippen LogP contribution in [0.2, 0.25) is 0 Å². The number of furan rings is 1. The molecular weight excluding hydrogens is 234 g/mol. The first-order valence-corrected chi connectivity index (χ1v) is 7.40. The highest BCUT2D eigenvalue weighted by molar-refractivity contribution is 7.99. The van der Waals surface area contributed by atoms with E-state index in [4.69, 9.17) is 4.42 Å². The first-order valence-electron chi connectivity index (χ1n) is 6.24. The molecule has 1 aromatic heterocycles. The minimum absolute atomic E-state index is 0.141. The van der Waals surface area contributed by atoms with Crippen molar-refractivity contribution in [3.63, 3.8) is 0 Å². The molecule has 0 spiro atoms. The molecule has 0 saturated heterocycles. The van der Waals surface area contributed by atoms with Crippen LogP contribution in [0.1, 0.15) is 43.6 Å². The van der Waals surface area contributed by atoms with E-state index >= 15 is 0 Å². The number of rotatable bonds is 5. The largest absolute Gasteiger partial charge is 0.469 e. The fourth-order valence-electron chi connectivity index (χ4n) is 2.18. The van der Waals surface area contributed by atoms with Crippen molar-refractivity contribution in [2.24, 2.45) is 0 Å². The Hall–Kier alpha value is -0.900. The van der Waals surface area contributed by atoms with Gasteiger partial charge in [0.25, 0.3) is 0 Å². The van der Waals surface area contributed by atoms with Crippen LogP contribution < -0.4 is 5.32 Å². The number of fused-ring (bicyclic) bond motifs is 1. The molecule has 0 radical (unpaired) electrons. The van der Waals surface area contributed by atoms with Gasteiger partial charge in [-0.1, -0.05) is 6.92 Å². The minimum Gasteiger partial charge on any atom is -0.469 e. The third-order valence-corrected chi connectivity index (χ3v) is 4.13. The van der Waals surface area contributed by atoms with E-state index in [-0.39, 0.29) is 11.9 Å². The first kappa shape index (κ1) is 12.6. The summed E-state index contributed by atoms with van der Waals surface area (Å²) in [6.45, 7) is 2.13. The van der Waals surface area contributed by atoms with Crippen LogP contribution in [0.25, 0.3) is 0 Å². The Bertz CT molecular complexity index is 375. The lowest BCUT2D eigenvalue weighted by atomic mass is 9.93. The van der Waals surface area contributed by atoms with E-state index in [0.29, 0.717) is 5.75 Å². The molecule has 1 amide bonds. The van der Waals surface area contributed by atoms with Gasteiger partial charge >= 0.3 is 0 Å². The molecule has 3 nitrogen and oxygen atoms in total. The van der Waals surface area contributed by atoms with E-state index in [0.717, 1.165) is 37.2 Å². The number of thioether (sulfide) groups is 1. The molecule has 1 aromatic rings. The number of hydrogen-bond acceptors (Lipinski definition) is 3. The molecule has 4 heteroatoms. The summed E-state index contributed by atoms with van der Waals surface area (Å²) in [6.07, 6.45) is 5.96. The Kier molecular flexibility index (Phi) is 4.54. The zero-order valence-corrected chi connectivity index (χ0v) is 11.0. The van der Waals surface area contributed by atoms with Crippen molar-refractivity contribution in [1.29, 1.82) is 0 Å².